The second-order valence-electron chi connectivity index (χ2n) is 28.2. The van der Waals surface area contributed by atoms with E-state index in [0.29, 0.717) is 16.5 Å². The number of nitrogens with zero attached hydrogens (tertiary/aromatic N) is 19. The Morgan fingerprint density at radius 3 is 1.25 bits per heavy atom. The maximum Gasteiger partial charge on any atom is 0.190 e. The largest absolute Gasteiger partial charge is 0.397 e. The topological polar surface area (TPSA) is 322 Å². The van der Waals surface area contributed by atoms with Gasteiger partial charge in [0.2, 0.25) is 0 Å². The van der Waals surface area contributed by atoms with E-state index in [-0.39, 0.29) is 7.43 Å². The summed E-state index contributed by atoms with van der Waals surface area (Å²) in [6, 6.07) is 16.9. The molecule has 6 N–H and O–H groups in total. The lowest BCUT2D eigenvalue weighted by Gasteiger charge is -2.12. The number of halogens is 1. The molecular formula is C84H98FN23O4S4. The van der Waals surface area contributed by atoms with Crippen LogP contribution in [-0.2, 0) is 41.7 Å². The number of anilines is 3. The van der Waals surface area contributed by atoms with Gasteiger partial charge in [-0.05, 0) is 217 Å². The Labute approximate surface area is 693 Å². The lowest BCUT2D eigenvalue weighted by molar-refractivity contribution is 0.393. The number of aromatic nitrogens is 20. The van der Waals surface area contributed by atoms with Crippen LogP contribution in [0, 0.1) is 111 Å². The Kier molecular flexibility index (Phi) is 25.0. The van der Waals surface area contributed by atoms with Crippen molar-refractivity contribution in [2.24, 2.45) is 35.2 Å². The van der Waals surface area contributed by atoms with Gasteiger partial charge in [-0.2, -0.15) is 20.4 Å². The summed E-state index contributed by atoms with van der Waals surface area (Å²) in [6.07, 6.45) is 15.1. The lowest BCUT2D eigenvalue weighted by atomic mass is 9.91. The van der Waals surface area contributed by atoms with Gasteiger partial charge in [0.25, 0.3) is 0 Å². The van der Waals surface area contributed by atoms with Gasteiger partial charge < -0.3 is 44.4 Å². The molecule has 1 aliphatic rings. The lowest BCUT2D eigenvalue weighted by Crippen LogP contribution is -2.15. The highest BCUT2D eigenvalue weighted by Crippen LogP contribution is 2.45. The van der Waals surface area contributed by atoms with Crippen LogP contribution in [0.5, 0.6) is 0 Å². The number of nitrogens with one attached hydrogen (secondary N) is 2. The number of H-pyrrole nitrogens is 1. The summed E-state index contributed by atoms with van der Waals surface area (Å²) >= 11 is 13.8. The summed E-state index contributed by atoms with van der Waals surface area (Å²) in [5.74, 6) is 3.22. The maximum atomic E-state index is 9.96. The van der Waals surface area contributed by atoms with Crippen molar-refractivity contribution in [1.82, 2.24) is 98.4 Å². The number of aryl methyl sites for hydroxylation is 17. The number of imidazole rings is 4. The van der Waals surface area contributed by atoms with Crippen LogP contribution in [0.2, 0.25) is 0 Å². The third kappa shape index (κ3) is 16.2. The summed E-state index contributed by atoms with van der Waals surface area (Å²) < 4.78 is 50.2. The molecule has 0 bridgehead atoms. The summed E-state index contributed by atoms with van der Waals surface area (Å²) in [5, 5.41) is 40.5. The predicted octanol–water partition coefficient (Wildman–Crippen LogP) is 18.6. The zero-order valence-corrected chi connectivity index (χ0v) is 72.1. The van der Waals surface area contributed by atoms with Gasteiger partial charge in [-0.3, -0.25) is 32.3 Å². The van der Waals surface area contributed by atoms with Crippen molar-refractivity contribution in [2.75, 3.05) is 36.4 Å². The van der Waals surface area contributed by atoms with E-state index >= 15 is 0 Å². The van der Waals surface area contributed by atoms with E-state index in [0.717, 1.165) is 219 Å². The minimum absolute atomic E-state index is 0. The number of fused-ring (bicyclic) bond motifs is 3. The van der Waals surface area contributed by atoms with Crippen molar-refractivity contribution in [3.8, 4) is 89.0 Å². The maximum absolute atomic E-state index is 9.96. The fourth-order valence-electron chi connectivity index (χ4n) is 15.1. The van der Waals surface area contributed by atoms with E-state index in [9.17, 15) is 4.39 Å². The van der Waals surface area contributed by atoms with Gasteiger partial charge in [0.1, 0.15) is 35.7 Å². The molecule has 4 aromatic carbocycles. The molecule has 16 aromatic rings. The second kappa shape index (κ2) is 34.7. The Hall–Kier alpha value is -11.9. The van der Waals surface area contributed by atoms with E-state index in [1.54, 1.807) is 70.1 Å². The minimum atomic E-state index is -1.00. The fraction of sp³-hybridized carbons (Fsp3) is 0.310. The highest BCUT2D eigenvalue weighted by atomic mass is 32.2. The van der Waals surface area contributed by atoms with Gasteiger partial charge in [-0.25, -0.2) is 19.9 Å². The number of alkyl halides is 1. The predicted molar refractivity (Wildman–Crippen MR) is 470 cm³/mol. The monoisotopic (exact) mass is 1640 g/mol. The van der Waals surface area contributed by atoms with Crippen LogP contribution in [0.4, 0.5) is 21.5 Å². The smallest absolute Gasteiger partial charge is 0.190 e. The normalized spacial score (nSPS) is 11.6. The van der Waals surface area contributed by atoms with E-state index in [1.165, 1.54) is 16.7 Å². The van der Waals surface area contributed by atoms with Crippen LogP contribution in [0.3, 0.4) is 0 Å². The molecule has 0 fully saturated rings. The van der Waals surface area contributed by atoms with E-state index in [1.807, 2.05) is 141 Å². The molecule has 604 valence electrons. The van der Waals surface area contributed by atoms with Gasteiger partial charge in [0, 0.05) is 156 Å². The van der Waals surface area contributed by atoms with Crippen LogP contribution in [0.1, 0.15) is 106 Å². The number of hydrogen-bond acceptors (Lipinski definition) is 22. The van der Waals surface area contributed by atoms with Gasteiger partial charge in [-0.15, -0.1) is 0 Å². The van der Waals surface area contributed by atoms with Gasteiger partial charge >= 0.3 is 0 Å². The second-order valence-corrected chi connectivity index (χ2v) is 30.6. The number of nitrogens with two attached hydrogens (primary N) is 2. The van der Waals surface area contributed by atoms with Crippen LogP contribution in [0.15, 0.2) is 114 Å². The van der Waals surface area contributed by atoms with Gasteiger partial charge in [0.05, 0.1) is 92.5 Å². The van der Waals surface area contributed by atoms with Crippen molar-refractivity contribution in [2.45, 2.75) is 135 Å². The molecule has 1 aliphatic heterocycles. The summed E-state index contributed by atoms with van der Waals surface area (Å²) in [5.41, 5.74) is 48.8. The average molecular weight is 1640 g/mol. The molecule has 0 saturated heterocycles. The molecule has 12 aromatic heterocycles. The van der Waals surface area contributed by atoms with Crippen molar-refractivity contribution >= 4 is 97.2 Å². The van der Waals surface area contributed by atoms with Crippen LogP contribution < -0.4 is 16.8 Å². The van der Waals surface area contributed by atoms with Crippen LogP contribution in [-0.4, -0.2) is 128 Å². The Morgan fingerprint density at radius 1 is 0.491 bits per heavy atom. The molecule has 0 radical (unpaired) electrons. The highest BCUT2D eigenvalue weighted by Gasteiger charge is 2.29. The molecule has 0 atom stereocenters. The molecule has 32 heteroatoms. The first-order valence-corrected chi connectivity index (χ1v) is 39.9. The molecule has 0 unspecified atom stereocenters. The number of thiocarbonyl (C=S) groups is 2. The zero-order chi connectivity index (χ0) is 83.9. The van der Waals surface area contributed by atoms with E-state index in [2.05, 4.69) is 150 Å². The fourth-order valence-corrected chi connectivity index (χ4v) is 16.6. The number of aromatic amines is 1. The number of benzene rings is 4. The van der Waals surface area contributed by atoms with E-state index in [4.69, 9.17) is 65.3 Å². The van der Waals surface area contributed by atoms with Crippen LogP contribution in [0.25, 0.3) is 111 Å². The number of thioether (sulfide) groups is 2. The first-order valence-electron chi connectivity index (χ1n) is 37.3. The van der Waals surface area contributed by atoms with Gasteiger partial charge in [-0.1, -0.05) is 63.8 Å². The number of rotatable bonds is 10. The minimum Gasteiger partial charge on any atom is -0.397 e. The Bertz CT molecular complexity index is 6260. The van der Waals surface area contributed by atoms with Gasteiger partial charge in [0.15, 0.2) is 15.4 Å². The number of nitrogen functional groups attached to an aromatic ring is 2. The molecular weight excluding hydrogens is 1540 g/mol. The molecule has 116 heavy (non-hydrogen) atoms. The molecule has 0 amide bonds. The van der Waals surface area contributed by atoms with Crippen molar-refractivity contribution in [3.05, 3.63) is 183 Å². The summed E-state index contributed by atoms with van der Waals surface area (Å²) in [7, 11) is 8.91. The Balaban J connectivity index is 0.000000144. The molecule has 27 nitrogen and oxygen atoms in total. The first-order chi connectivity index (χ1) is 55.2. The summed E-state index contributed by atoms with van der Waals surface area (Å²) in [4.78, 5) is 21.8. The molecule has 0 saturated carbocycles. The summed E-state index contributed by atoms with van der Waals surface area (Å²) in [6.45, 7) is 32.0. The molecule has 0 aliphatic carbocycles. The Morgan fingerprint density at radius 2 is 0.871 bits per heavy atom. The van der Waals surface area contributed by atoms with Crippen LogP contribution >= 0.6 is 48.0 Å². The zero-order valence-electron chi connectivity index (χ0n) is 69.8. The third-order valence-electron chi connectivity index (χ3n) is 20.8. The third-order valence-corrected chi connectivity index (χ3v) is 22.8. The highest BCUT2D eigenvalue weighted by molar-refractivity contribution is 7.98. The van der Waals surface area contributed by atoms with Crippen molar-refractivity contribution in [1.29, 1.82) is 0 Å². The first kappa shape index (κ1) is 83.6. The van der Waals surface area contributed by atoms with E-state index < -0.39 is 7.15 Å². The van der Waals surface area contributed by atoms with Crippen molar-refractivity contribution < 1.29 is 23.9 Å². The molecule has 0 spiro atoms. The van der Waals surface area contributed by atoms with Crippen molar-refractivity contribution in [3.63, 3.8) is 0 Å². The SMILES string of the molecule is C.CSc1nc2c(-c3c(C)nn(C)c3C)cc(-c3c(C)noc3C)cc2[nH]1.CSc1nc2c(-c3c(C)nn(C)c3C)cc(-c3c(C)noc3C)cc2n1C.Cc1noc(C)c1-c1cc(N)c(N)c(-c2c(C)nn(C)c2C)c1.Cc1noc(C)c1-c1cc2c(c(-c3c(C)nn(C)c3C)c1)CC(=S)N2.S=C(n1ccnc1)n1ccnc1.[2H]CF. The molecule has 17 rings (SSSR count). The average Bonchev–Trinajstić information content (AvgIpc) is 1.63. The number of hydrogen-bond donors (Lipinski definition) is 4. The quantitative estimate of drug-likeness (QED) is 0.0561. The molecule has 13 heterocycles. The standard InChI is InChI=1S/C20H23N5OS.C19H21N5OS.C19H20N4OS.C17H21N5O.C7H6N4S.CH3F.CH4/c1-10-17(12(3)25(6)22-10)15-8-14(18-11(2)23-26-13(18)4)9-16-19(15)21-20(27-7)24(16)5;1-9-16(11(3)24(5)22-9)14-7-13(17-10(2)23-25-12(17)4)8-15-18(14)21-19(20-15)26-6;1-9-18(11(3)23(5)21-9)15-6-13(19-10(2)22-24-12(19)4)7-16-14(15)8-17(25)20-16;1-8-15(10(3)22(5)20-8)13-6-12(7-14(18)17(13)19)16-9(2)21-23-11(16)4;12-7(10-3-1-8-5-10)11-4-2-9-6-11;1-2;/h8-9H,1-7H3;7-8H,1-6H3,(H,20,21);6-7H,8H2,1-5H3,(H,20,25);6-7H,18-19H2,1-5H3;1-6H;1H3;1H4/i;;;;;1D;.